The third-order valence-corrected chi connectivity index (χ3v) is 3.80. The maximum absolute atomic E-state index is 13.1. The number of aryl methyl sites for hydroxylation is 1. The number of nitrogens with zero attached hydrogens (tertiary/aromatic N) is 3. The molecule has 3 aromatic rings. The van der Waals surface area contributed by atoms with Crippen LogP contribution >= 0.6 is 0 Å². The molecule has 8 heteroatoms. The minimum absolute atomic E-state index is 0.165. The first-order chi connectivity index (χ1) is 12.9. The van der Waals surface area contributed by atoms with Crippen LogP contribution in [-0.2, 0) is 6.18 Å². The number of anilines is 3. The van der Waals surface area contributed by atoms with E-state index in [0.29, 0.717) is 35.4 Å². The van der Waals surface area contributed by atoms with Gasteiger partial charge in [-0.3, -0.25) is 4.98 Å². The quantitative estimate of drug-likeness (QED) is 0.656. The van der Waals surface area contributed by atoms with E-state index >= 15 is 0 Å². The van der Waals surface area contributed by atoms with Crippen LogP contribution in [0.3, 0.4) is 0 Å². The molecule has 0 radical (unpaired) electrons. The lowest BCUT2D eigenvalue weighted by Crippen LogP contribution is -2.09. The Kier molecular flexibility index (Phi) is 5.25. The normalized spacial score (nSPS) is 11.3. The lowest BCUT2D eigenvalue weighted by Gasteiger charge is -2.14. The fourth-order valence-electron chi connectivity index (χ4n) is 2.55. The average molecular weight is 373 g/mol. The average Bonchev–Trinajstić information content (AvgIpc) is 2.63. The second-order valence-corrected chi connectivity index (χ2v) is 5.86. The van der Waals surface area contributed by atoms with E-state index in [1.807, 2.05) is 13.0 Å². The molecule has 0 atom stereocenters. The molecule has 0 unspecified atom stereocenters. The summed E-state index contributed by atoms with van der Waals surface area (Å²) >= 11 is 0. The predicted molar refractivity (Wildman–Crippen MR) is 98.9 cm³/mol. The molecule has 2 aromatic heterocycles. The summed E-state index contributed by atoms with van der Waals surface area (Å²) in [5.74, 6) is 0.741. The summed E-state index contributed by atoms with van der Waals surface area (Å²) in [5.41, 5.74) is 0.979. The Labute approximate surface area is 154 Å². The van der Waals surface area contributed by atoms with E-state index < -0.39 is 11.7 Å². The highest BCUT2D eigenvalue weighted by Crippen LogP contribution is 2.34. The Morgan fingerprint density at radius 3 is 2.48 bits per heavy atom. The number of rotatable bonds is 5. The number of pyridine rings is 1. The van der Waals surface area contributed by atoms with E-state index in [-0.39, 0.29) is 5.56 Å². The number of hydrogen-bond acceptors (Lipinski definition) is 5. The van der Waals surface area contributed by atoms with Gasteiger partial charge in [0.15, 0.2) is 0 Å². The van der Waals surface area contributed by atoms with Gasteiger partial charge in [-0.15, -0.1) is 0 Å². The maximum atomic E-state index is 13.1. The second-order valence-electron chi connectivity index (χ2n) is 5.86. The Morgan fingerprint density at radius 1 is 1.00 bits per heavy atom. The number of hydrogen-bond donors (Lipinski definition) is 2. The van der Waals surface area contributed by atoms with Crippen LogP contribution in [0.4, 0.5) is 30.6 Å². The Balaban J connectivity index is 1.98. The number of halogens is 3. The fourth-order valence-corrected chi connectivity index (χ4v) is 2.55. The van der Waals surface area contributed by atoms with Gasteiger partial charge in [0.1, 0.15) is 5.82 Å². The first-order valence-corrected chi connectivity index (χ1v) is 8.36. The molecule has 2 N–H and O–H groups in total. The van der Waals surface area contributed by atoms with Crippen molar-refractivity contribution < 1.29 is 13.2 Å². The van der Waals surface area contributed by atoms with Gasteiger partial charge in [0, 0.05) is 24.5 Å². The summed E-state index contributed by atoms with van der Waals surface area (Å²) in [6.07, 6.45) is -2.77. The number of alkyl halides is 3. The van der Waals surface area contributed by atoms with Gasteiger partial charge in [0.05, 0.1) is 17.0 Å². The van der Waals surface area contributed by atoms with Crippen molar-refractivity contribution in [1.29, 1.82) is 0 Å². The van der Waals surface area contributed by atoms with Crippen LogP contribution in [0.2, 0.25) is 0 Å². The molecule has 3 rings (SSSR count). The first-order valence-electron chi connectivity index (χ1n) is 8.36. The van der Waals surface area contributed by atoms with Gasteiger partial charge in [-0.25, -0.2) is 4.98 Å². The molecule has 0 saturated heterocycles. The van der Waals surface area contributed by atoms with Gasteiger partial charge in [-0.2, -0.15) is 18.2 Å². The zero-order chi connectivity index (χ0) is 19.4. The first kappa shape index (κ1) is 18.6. The summed E-state index contributed by atoms with van der Waals surface area (Å²) in [5, 5.41) is 5.95. The molecule has 2 heterocycles. The molecule has 0 fully saturated rings. The van der Waals surface area contributed by atoms with E-state index in [1.165, 1.54) is 13.0 Å². The fraction of sp³-hybridized carbons (Fsp3) is 0.211. The monoisotopic (exact) mass is 373 g/mol. The van der Waals surface area contributed by atoms with E-state index in [9.17, 15) is 13.2 Å². The van der Waals surface area contributed by atoms with E-state index in [4.69, 9.17) is 0 Å². The van der Waals surface area contributed by atoms with Crippen LogP contribution in [0.5, 0.6) is 0 Å². The topological polar surface area (TPSA) is 62.7 Å². The lowest BCUT2D eigenvalue weighted by molar-refractivity contribution is -0.138. The van der Waals surface area contributed by atoms with Gasteiger partial charge in [-0.05, 0) is 43.7 Å². The highest BCUT2D eigenvalue weighted by Gasteiger charge is 2.32. The third kappa shape index (κ3) is 4.52. The zero-order valence-electron chi connectivity index (χ0n) is 14.8. The molecule has 140 valence electrons. The SMILES string of the molecule is CCNc1nc(Nc2ccc(C)c(C(F)(F)F)c2)cc(-c2ccccn2)n1. The van der Waals surface area contributed by atoms with Crippen LogP contribution in [-0.4, -0.2) is 21.5 Å². The summed E-state index contributed by atoms with van der Waals surface area (Å²) in [4.78, 5) is 13.0. The minimum atomic E-state index is -4.42. The molecular formula is C19H18F3N5. The molecule has 0 bridgehead atoms. The summed E-state index contributed by atoms with van der Waals surface area (Å²) in [7, 11) is 0. The van der Waals surface area contributed by atoms with E-state index in [1.54, 1.807) is 30.5 Å². The van der Waals surface area contributed by atoms with Gasteiger partial charge >= 0.3 is 6.18 Å². The highest BCUT2D eigenvalue weighted by atomic mass is 19.4. The molecule has 0 aliphatic rings. The standard InChI is InChI=1S/C19H18F3N5/c1-3-23-18-26-16(15-6-4-5-9-24-15)11-17(27-18)25-13-8-7-12(2)14(10-13)19(20,21)22/h4-11H,3H2,1-2H3,(H2,23,25,26,27). The van der Waals surface area contributed by atoms with Crippen LogP contribution in [0.25, 0.3) is 11.4 Å². The predicted octanol–water partition coefficient (Wildman–Crippen LogP) is 5.04. The zero-order valence-corrected chi connectivity index (χ0v) is 14.8. The lowest BCUT2D eigenvalue weighted by atomic mass is 10.1. The number of aromatic nitrogens is 3. The van der Waals surface area contributed by atoms with Crippen molar-refractivity contribution >= 4 is 17.5 Å². The molecule has 0 aliphatic heterocycles. The molecule has 0 spiro atoms. The molecule has 0 aliphatic carbocycles. The van der Waals surface area contributed by atoms with Crippen molar-refractivity contribution in [2.75, 3.05) is 17.2 Å². The van der Waals surface area contributed by atoms with Crippen molar-refractivity contribution in [3.8, 4) is 11.4 Å². The van der Waals surface area contributed by atoms with Crippen molar-refractivity contribution in [2.45, 2.75) is 20.0 Å². The van der Waals surface area contributed by atoms with Crippen LogP contribution in [0.1, 0.15) is 18.1 Å². The van der Waals surface area contributed by atoms with Crippen molar-refractivity contribution in [3.05, 3.63) is 59.8 Å². The Morgan fingerprint density at radius 2 is 1.81 bits per heavy atom. The van der Waals surface area contributed by atoms with Crippen molar-refractivity contribution in [3.63, 3.8) is 0 Å². The highest BCUT2D eigenvalue weighted by molar-refractivity contribution is 5.66. The Hall–Kier alpha value is -3.16. The van der Waals surface area contributed by atoms with E-state index in [0.717, 1.165) is 6.07 Å². The van der Waals surface area contributed by atoms with E-state index in [2.05, 4.69) is 25.6 Å². The third-order valence-electron chi connectivity index (χ3n) is 3.80. The molecule has 0 amide bonds. The summed E-state index contributed by atoms with van der Waals surface area (Å²) in [6, 6.07) is 11.2. The molecule has 0 saturated carbocycles. The smallest absolute Gasteiger partial charge is 0.354 e. The second kappa shape index (κ2) is 7.61. The maximum Gasteiger partial charge on any atom is 0.416 e. The van der Waals surface area contributed by atoms with Crippen molar-refractivity contribution in [2.24, 2.45) is 0 Å². The Bertz CT molecular complexity index is 926. The summed E-state index contributed by atoms with van der Waals surface area (Å²) in [6.45, 7) is 3.94. The van der Waals surface area contributed by atoms with Gasteiger partial charge in [0.25, 0.3) is 0 Å². The minimum Gasteiger partial charge on any atom is -0.354 e. The van der Waals surface area contributed by atoms with Crippen LogP contribution < -0.4 is 10.6 Å². The van der Waals surface area contributed by atoms with Gasteiger partial charge < -0.3 is 10.6 Å². The molecule has 27 heavy (non-hydrogen) atoms. The van der Waals surface area contributed by atoms with Gasteiger partial charge in [0.2, 0.25) is 5.95 Å². The molecular weight excluding hydrogens is 355 g/mol. The van der Waals surface area contributed by atoms with Crippen LogP contribution in [0, 0.1) is 6.92 Å². The summed E-state index contributed by atoms with van der Waals surface area (Å²) < 4.78 is 39.4. The number of benzene rings is 1. The molecule has 1 aromatic carbocycles. The van der Waals surface area contributed by atoms with Crippen molar-refractivity contribution in [1.82, 2.24) is 15.0 Å². The molecule has 5 nitrogen and oxygen atoms in total. The van der Waals surface area contributed by atoms with Gasteiger partial charge in [-0.1, -0.05) is 12.1 Å². The largest absolute Gasteiger partial charge is 0.416 e. The van der Waals surface area contributed by atoms with Crippen LogP contribution in [0.15, 0.2) is 48.7 Å². The number of nitrogens with one attached hydrogen (secondary N) is 2.